The van der Waals surface area contributed by atoms with Gasteiger partial charge < -0.3 is 15.0 Å². The van der Waals surface area contributed by atoms with Gasteiger partial charge in [0.05, 0.1) is 24.6 Å². The first kappa shape index (κ1) is 15.5. The van der Waals surface area contributed by atoms with E-state index in [1.807, 2.05) is 6.92 Å². The van der Waals surface area contributed by atoms with E-state index in [1.165, 1.54) is 22.5 Å². The van der Waals surface area contributed by atoms with Gasteiger partial charge in [-0.15, -0.1) is 0 Å². The highest BCUT2D eigenvalue weighted by Gasteiger charge is 2.26. The molecule has 1 atom stereocenters. The Morgan fingerprint density at radius 2 is 1.81 bits per heavy atom. The molecule has 0 radical (unpaired) electrons. The third-order valence-electron chi connectivity index (χ3n) is 5.18. The highest BCUT2D eigenvalue weighted by Crippen LogP contribution is 2.38. The lowest BCUT2D eigenvalue weighted by Crippen LogP contribution is -2.36. The van der Waals surface area contributed by atoms with E-state index < -0.39 is 0 Å². The highest BCUT2D eigenvalue weighted by atomic mass is 16.5. The van der Waals surface area contributed by atoms with Gasteiger partial charge in [-0.05, 0) is 36.8 Å². The molecule has 1 aromatic heterocycles. The van der Waals surface area contributed by atoms with E-state index in [0.717, 1.165) is 37.7 Å². The van der Waals surface area contributed by atoms with Gasteiger partial charge in [-0.3, -0.25) is 0 Å². The Labute approximate surface area is 153 Å². The number of nitrogens with one attached hydrogen (secondary N) is 1. The van der Waals surface area contributed by atoms with Crippen molar-refractivity contribution in [3.63, 3.8) is 0 Å². The van der Waals surface area contributed by atoms with Crippen LogP contribution in [0, 0.1) is 6.92 Å². The zero-order valence-corrected chi connectivity index (χ0v) is 14.9. The van der Waals surface area contributed by atoms with Gasteiger partial charge in [0.15, 0.2) is 0 Å². The number of hydrogen-bond acceptors (Lipinski definition) is 4. The number of para-hydroxylation sites is 1. The summed E-state index contributed by atoms with van der Waals surface area (Å²) in [6, 6.07) is 19.4. The van der Waals surface area contributed by atoms with Crippen molar-refractivity contribution in [2.75, 3.05) is 36.5 Å². The van der Waals surface area contributed by atoms with Crippen molar-refractivity contribution in [3.05, 3.63) is 65.9 Å². The number of morpholine rings is 1. The summed E-state index contributed by atoms with van der Waals surface area (Å²) in [5.74, 6) is 0. The Hall–Kier alpha value is -2.79. The number of aromatic nitrogens is 2. The summed E-state index contributed by atoms with van der Waals surface area (Å²) in [6.07, 6.45) is 0.00680. The average molecular weight is 346 g/mol. The first-order valence-corrected chi connectivity index (χ1v) is 9.14. The van der Waals surface area contributed by atoms with Crippen LogP contribution < -0.4 is 10.2 Å². The summed E-state index contributed by atoms with van der Waals surface area (Å²) in [4.78, 5) is 2.38. The molecular formula is C21H22N4O. The van der Waals surface area contributed by atoms with Gasteiger partial charge in [0.2, 0.25) is 0 Å². The average Bonchev–Trinajstić information content (AvgIpc) is 3.10. The second kappa shape index (κ2) is 6.18. The topological polar surface area (TPSA) is 42.3 Å². The summed E-state index contributed by atoms with van der Waals surface area (Å²) in [5, 5.41) is 8.40. The zero-order chi connectivity index (χ0) is 17.5. The van der Waals surface area contributed by atoms with Crippen LogP contribution in [0.3, 0.4) is 0 Å². The van der Waals surface area contributed by atoms with Crippen molar-refractivity contribution in [1.82, 2.24) is 9.78 Å². The minimum atomic E-state index is 0.00680. The van der Waals surface area contributed by atoms with Crippen molar-refractivity contribution >= 4 is 11.4 Å². The van der Waals surface area contributed by atoms with Crippen LogP contribution in [0.2, 0.25) is 0 Å². The second-order valence-corrected chi connectivity index (χ2v) is 6.90. The van der Waals surface area contributed by atoms with E-state index in [-0.39, 0.29) is 6.17 Å². The molecule has 0 aliphatic carbocycles. The number of rotatable bonds is 2. The second-order valence-electron chi connectivity index (χ2n) is 6.90. The van der Waals surface area contributed by atoms with Crippen molar-refractivity contribution in [1.29, 1.82) is 0 Å². The maximum atomic E-state index is 5.45. The molecule has 1 fully saturated rings. The van der Waals surface area contributed by atoms with Gasteiger partial charge in [-0.25, -0.2) is 4.68 Å². The van der Waals surface area contributed by atoms with Gasteiger partial charge in [-0.1, -0.05) is 30.3 Å². The summed E-state index contributed by atoms with van der Waals surface area (Å²) in [6.45, 7) is 5.57. The smallest absolute Gasteiger partial charge is 0.147 e. The predicted octanol–water partition coefficient (Wildman–Crippen LogP) is 3.67. The Balaban J connectivity index is 1.50. The third-order valence-corrected chi connectivity index (χ3v) is 5.18. The van der Waals surface area contributed by atoms with Crippen LogP contribution in [0.15, 0.2) is 54.6 Å². The Bertz CT molecular complexity index is 925. The van der Waals surface area contributed by atoms with E-state index in [4.69, 9.17) is 9.84 Å². The molecule has 1 N–H and O–H groups in total. The van der Waals surface area contributed by atoms with Crippen molar-refractivity contribution in [3.8, 4) is 11.3 Å². The normalized spacial score (nSPS) is 18.8. The molecular weight excluding hydrogens is 324 g/mol. The first-order valence-electron chi connectivity index (χ1n) is 9.14. The number of fused-ring (bicyclic) bond motifs is 3. The zero-order valence-electron chi connectivity index (χ0n) is 14.9. The van der Waals surface area contributed by atoms with Gasteiger partial charge in [0, 0.05) is 30.0 Å². The third kappa shape index (κ3) is 2.56. The molecule has 0 spiro atoms. The van der Waals surface area contributed by atoms with E-state index in [0.29, 0.717) is 0 Å². The van der Waals surface area contributed by atoms with Crippen LogP contribution in [0.1, 0.15) is 17.4 Å². The molecule has 5 heteroatoms. The molecule has 132 valence electrons. The fourth-order valence-electron chi connectivity index (χ4n) is 3.87. The molecule has 26 heavy (non-hydrogen) atoms. The molecule has 1 saturated heterocycles. The van der Waals surface area contributed by atoms with Crippen LogP contribution in [-0.2, 0) is 4.74 Å². The van der Waals surface area contributed by atoms with Crippen molar-refractivity contribution < 1.29 is 4.74 Å². The molecule has 5 rings (SSSR count). The number of anilines is 2. The van der Waals surface area contributed by atoms with Crippen LogP contribution >= 0.6 is 0 Å². The van der Waals surface area contributed by atoms with Crippen LogP contribution in [-0.4, -0.2) is 36.1 Å². The van der Waals surface area contributed by atoms with Crippen molar-refractivity contribution in [2.45, 2.75) is 13.1 Å². The molecule has 3 aromatic rings. The van der Waals surface area contributed by atoms with E-state index in [1.54, 1.807) is 0 Å². The Morgan fingerprint density at radius 3 is 2.62 bits per heavy atom. The van der Waals surface area contributed by atoms with E-state index in [9.17, 15) is 0 Å². The maximum Gasteiger partial charge on any atom is 0.147 e. The summed E-state index contributed by atoms with van der Waals surface area (Å²) >= 11 is 0. The molecule has 2 aliphatic rings. The predicted molar refractivity (Wildman–Crippen MR) is 104 cm³/mol. The maximum absolute atomic E-state index is 5.45. The standard InChI is InChI=1S/C21H22N4O/c1-15-14-20-18-4-2-3-5-19(18)22-21(25(20)23-15)16-6-8-17(9-7-16)24-10-12-26-13-11-24/h2-9,14,21-22H,10-13H2,1H3/t21-/m0/s1. The number of aryl methyl sites for hydroxylation is 1. The van der Waals surface area contributed by atoms with Crippen molar-refractivity contribution in [2.24, 2.45) is 0 Å². The molecule has 2 aromatic carbocycles. The molecule has 3 heterocycles. The monoisotopic (exact) mass is 346 g/mol. The quantitative estimate of drug-likeness (QED) is 0.769. The first-order chi connectivity index (χ1) is 12.8. The van der Waals surface area contributed by atoms with Gasteiger partial charge >= 0.3 is 0 Å². The Morgan fingerprint density at radius 1 is 1.04 bits per heavy atom. The molecule has 0 saturated carbocycles. The molecule has 2 aliphatic heterocycles. The minimum Gasteiger partial charge on any atom is -0.378 e. The summed E-state index contributed by atoms with van der Waals surface area (Å²) < 4.78 is 7.55. The summed E-state index contributed by atoms with van der Waals surface area (Å²) in [5.41, 5.74) is 7.02. The number of nitrogens with zero attached hydrogens (tertiary/aromatic N) is 3. The molecule has 5 nitrogen and oxygen atoms in total. The van der Waals surface area contributed by atoms with Gasteiger partial charge in [0.25, 0.3) is 0 Å². The Kier molecular flexibility index (Phi) is 3.68. The summed E-state index contributed by atoms with van der Waals surface area (Å²) in [7, 11) is 0. The highest BCUT2D eigenvalue weighted by molar-refractivity contribution is 5.78. The van der Waals surface area contributed by atoms with E-state index >= 15 is 0 Å². The number of benzene rings is 2. The lowest BCUT2D eigenvalue weighted by atomic mass is 10.0. The largest absolute Gasteiger partial charge is 0.378 e. The number of ether oxygens (including phenoxy) is 1. The SMILES string of the molecule is Cc1cc2n(n1)[C@@H](c1ccc(N3CCOCC3)cc1)Nc1ccccc1-2. The fraction of sp³-hybridized carbons (Fsp3) is 0.286. The van der Waals surface area contributed by atoms with Gasteiger partial charge in [0.1, 0.15) is 6.17 Å². The molecule has 0 amide bonds. The lowest BCUT2D eigenvalue weighted by molar-refractivity contribution is 0.122. The van der Waals surface area contributed by atoms with Gasteiger partial charge in [-0.2, -0.15) is 5.10 Å². The lowest BCUT2D eigenvalue weighted by Gasteiger charge is -2.31. The van der Waals surface area contributed by atoms with Crippen LogP contribution in [0.5, 0.6) is 0 Å². The minimum absolute atomic E-state index is 0.00680. The van der Waals surface area contributed by atoms with E-state index in [2.05, 4.69) is 69.5 Å². The molecule has 0 unspecified atom stereocenters. The number of hydrogen-bond donors (Lipinski definition) is 1. The fourth-order valence-corrected chi connectivity index (χ4v) is 3.87. The van der Waals surface area contributed by atoms with Crippen LogP contribution in [0.25, 0.3) is 11.3 Å². The van der Waals surface area contributed by atoms with Crippen LogP contribution in [0.4, 0.5) is 11.4 Å². The molecule has 0 bridgehead atoms.